The highest BCUT2D eigenvalue weighted by Crippen LogP contribution is 2.32. The third kappa shape index (κ3) is 3.81. The molecule has 0 saturated carbocycles. The summed E-state index contributed by atoms with van der Waals surface area (Å²) in [6.07, 6.45) is 1.45. The molecule has 0 amide bonds. The molecule has 4 heteroatoms. The number of ether oxygens (including phenoxy) is 1. The number of hydrogen-bond donors (Lipinski definition) is 1. The maximum atomic E-state index is 6.25. The zero-order chi connectivity index (χ0) is 19.5. The first kappa shape index (κ1) is 18.1. The van der Waals surface area contributed by atoms with E-state index in [1.165, 1.54) is 11.4 Å². The summed E-state index contributed by atoms with van der Waals surface area (Å²) < 4.78 is 6.25. The van der Waals surface area contributed by atoms with Crippen molar-refractivity contribution in [1.29, 1.82) is 0 Å². The fourth-order valence-electron chi connectivity index (χ4n) is 4.63. The van der Waals surface area contributed by atoms with Crippen molar-refractivity contribution in [3.8, 4) is 5.75 Å². The van der Waals surface area contributed by atoms with Gasteiger partial charge in [-0.25, -0.2) is 0 Å². The van der Waals surface area contributed by atoms with Crippen molar-refractivity contribution in [1.82, 2.24) is 5.32 Å². The molecule has 3 aromatic carbocycles. The van der Waals surface area contributed by atoms with Gasteiger partial charge in [0.25, 0.3) is 0 Å². The van der Waals surface area contributed by atoms with Crippen molar-refractivity contribution in [2.24, 2.45) is 0 Å². The molecular weight excluding hydrogens is 358 g/mol. The minimum atomic E-state index is 0.193. The van der Waals surface area contributed by atoms with E-state index in [0.29, 0.717) is 6.04 Å². The molecule has 2 saturated heterocycles. The van der Waals surface area contributed by atoms with Crippen LogP contribution in [0.3, 0.4) is 0 Å². The van der Waals surface area contributed by atoms with Crippen LogP contribution >= 0.6 is 0 Å². The van der Waals surface area contributed by atoms with Gasteiger partial charge in [-0.15, -0.1) is 0 Å². The Labute approximate surface area is 172 Å². The monoisotopic (exact) mass is 385 g/mol. The number of benzene rings is 3. The van der Waals surface area contributed by atoms with Gasteiger partial charge in [0, 0.05) is 43.5 Å². The molecule has 4 nitrogen and oxygen atoms in total. The van der Waals surface area contributed by atoms with Crippen molar-refractivity contribution in [2.75, 3.05) is 29.4 Å². The summed E-state index contributed by atoms with van der Waals surface area (Å²) >= 11 is 0. The Bertz CT molecular complexity index is 856. The molecule has 2 aliphatic heterocycles. The van der Waals surface area contributed by atoms with Crippen LogP contribution in [-0.4, -0.2) is 37.9 Å². The molecule has 2 fully saturated rings. The molecular formula is C25H27N3O. The number of rotatable bonds is 5. The average Bonchev–Trinajstić information content (AvgIpc) is 3.43. The lowest BCUT2D eigenvalue weighted by Gasteiger charge is -2.37. The third-order valence-corrected chi connectivity index (χ3v) is 5.93. The second-order valence-electron chi connectivity index (χ2n) is 7.77. The molecule has 1 N–H and O–H groups in total. The number of anilines is 2. The van der Waals surface area contributed by atoms with Crippen molar-refractivity contribution in [3.05, 3.63) is 91.0 Å². The lowest BCUT2D eigenvalue weighted by atomic mass is 10.1. The molecule has 5 rings (SSSR count). The van der Waals surface area contributed by atoms with Crippen LogP contribution in [0.25, 0.3) is 0 Å². The standard InChI is InChI=1S/C25H27N3O/c1-4-10-20(11-5-1)27-16-17-28(21-12-6-2-7-13-21)25(27)24-18-23(19-26-24)29-22-14-8-3-9-15-22/h1-15,23-26H,16-19H2/t23-,24-/m0/s1. The fourth-order valence-corrected chi connectivity index (χ4v) is 4.63. The molecule has 2 heterocycles. The summed E-state index contributed by atoms with van der Waals surface area (Å²) in [5.41, 5.74) is 2.57. The summed E-state index contributed by atoms with van der Waals surface area (Å²) in [6, 6.07) is 32.0. The number of nitrogens with one attached hydrogen (secondary N) is 1. The van der Waals surface area contributed by atoms with Gasteiger partial charge in [0.2, 0.25) is 0 Å². The zero-order valence-corrected chi connectivity index (χ0v) is 16.5. The predicted octanol–water partition coefficient (Wildman–Crippen LogP) is 4.15. The van der Waals surface area contributed by atoms with Crippen molar-refractivity contribution >= 4 is 11.4 Å². The summed E-state index contributed by atoms with van der Waals surface area (Å²) in [6.45, 7) is 2.92. The normalized spacial score (nSPS) is 22.2. The van der Waals surface area contributed by atoms with Gasteiger partial charge in [0.15, 0.2) is 0 Å². The van der Waals surface area contributed by atoms with Crippen LogP contribution in [0.5, 0.6) is 5.75 Å². The van der Waals surface area contributed by atoms with E-state index < -0.39 is 0 Å². The van der Waals surface area contributed by atoms with E-state index in [4.69, 9.17) is 4.74 Å². The molecule has 0 aliphatic carbocycles. The molecule has 2 aliphatic rings. The van der Waals surface area contributed by atoms with Crippen molar-refractivity contribution in [2.45, 2.75) is 24.7 Å². The molecule has 0 bridgehead atoms. The van der Waals surface area contributed by atoms with E-state index in [0.717, 1.165) is 31.8 Å². The highest BCUT2D eigenvalue weighted by atomic mass is 16.5. The maximum absolute atomic E-state index is 6.25. The van der Waals surface area contributed by atoms with Gasteiger partial charge in [-0.2, -0.15) is 0 Å². The quantitative estimate of drug-likeness (QED) is 0.714. The SMILES string of the molecule is c1ccc(O[C@@H]2CN[C@H](C3N(c4ccccc4)CCN3c3ccccc3)C2)cc1. The Balaban J connectivity index is 1.39. The van der Waals surface area contributed by atoms with E-state index >= 15 is 0 Å². The van der Waals surface area contributed by atoms with Crippen LogP contribution < -0.4 is 19.9 Å². The van der Waals surface area contributed by atoms with Crippen LogP contribution in [0.2, 0.25) is 0 Å². The largest absolute Gasteiger partial charge is 0.489 e. The summed E-state index contributed by atoms with van der Waals surface area (Å²) in [4.78, 5) is 5.07. The Morgan fingerprint density at radius 3 is 1.76 bits per heavy atom. The second-order valence-corrected chi connectivity index (χ2v) is 7.77. The molecule has 3 aromatic rings. The van der Waals surface area contributed by atoms with E-state index in [-0.39, 0.29) is 12.3 Å². The van der Waals surface area contributed by atoms with Crippen LogP contribution in [-0.2, 0) is 0 Å². The maximum Gasteiger partial charge on any atom is 0.119 e. The molecule has 0 unspecified atom stereocenters. The zero-order valence-electron chi connectivity index (χ0n) is 16.5. The highest BCUT2D eigenvalue weighted by molar-refractivity contribution is 5.57. The lowest BCUT2D eigenvalue weighted by Crippen LogP contribution is -2.51. The van der Waals surface area contributed by atoms with Gasteiger partial charge < -0.3 is 19.9 Å². The minimum absolute atomic E-state index is 0.193. The van der Waals surface area contributed by atoms with E-state index in [2.05, 4.69) is 75.8 Å². The summed E-state index contributed by atoms with van der Waals surface area (Å²) in [5.74, 6) is 0.950. The second kappa shape index (κ2) is 8.18. The first-order valence-electron chi connectivity index (χ1n) is 10.5. The van der Waals surface area contributed by atoms with Gasteiger partial charge in [0.1, 0.15) is 18.0 Å². The van der Waals surface area contributed by atoms with Crippen LogP contribution in [0.1, 0.15) is 6.42 Å². The summed E-state index contributed by atoms with van der Waals surface area (Å²) in [5, 5.41) is 3.76. The Morgan fingerprint density at radius 1 is 0.690 bits per heavy atom. The topological polar surface area (TPSA) is 27.7 Å². The molecule has 0 radical (unpaired) electrons. The van der Waals surface area contributed by atoms with Crippen LogP contribution in [0, 0.1) is 0 Å². The molecule has 0 spiro atoms. The van der Waals surface area contributed by atoms with E-state index in [9.17, 15) is 0 Å². The van der Waals surface area contributed by atoms with E-state index in [1.54, 1.807) is 0 Å². The molecule has 2 atom stereocenters. The number of nitrogens with zero attached hydrogens (tertiary/aromatic N) is 2. The van der Waals surface area contributed by atoms with Crippen molar-refractivity contribution < 1.29 is 4.74 Å². The number of hydrogen-bond acceptors (Lipinski definition) is 4. The van der Waals surface area contributed by atoms with Gasteiger partial charge in [-0.3, -0.25) is 0 Å². The Morgan fingerprint density at radius 2 is 1.21 bits per heavy atom. The van der Waals surface area contributed by atoms with Gasteiger partial charge in [-0.1, -0.05) is 54.6 Å². The van der Waals surface area contributed by atoms with E-state index in [1.807, 2.05) is 30.3 Å². The third-order valence-electron chi connectivity index (χ3n) is 5.93. The van der Waals surface area contributed by atoms with Crippen molar-refractivity contribution in [3.63, 3.8) is 0 Å². The molecule has 0 aromatic heterocycles. The first-order valence-corrected chi connectivity index (χ1v) is 10.5. The fraction of sp³-hybridized carbons (Fsp3) is 0.280. The lowest BCUT2D eigenvalue weighted by molar-refractivity contribution is 0.218. The summed E-state index contributed by atoms with van der Waals surface area (Å²) in [7, 11) is 0. The molecule has 148 valence electrons. The molecule has 29 heavy (non-hydrogen) atoms. The Hall–Kier alpha value is -2.98. The van der Waals surface area contributed by atoms with Gasteiger partial charge >= 0.3 is 0 Å². The highest BCUT2D eigenvalue weighted by Gasteiger charge is 2.42. The first-order chi connectivity index (χ1) is 14.4. The minimum Gasteiger partial charge on any atom is -0.489 e. The van der Waals surface area contributed by atoms with Crippen LogP contribution in [0.4, 0.5) is 11.4 Å². The van der Waals surface area contributed by atoms with Gasteiger partial charge in [-0.05, 0) is 36.4 Å². The predicted molar refractivity (Wildman–Crippen MR) is 119 cm³/mol. The smallest absolute Gasteiger partial charge is 0.119 e. The van der Waals surface area contributed by atoms with Crippen LogP contribution in [0.15, 0.2) is 91.0 Å². The average molecular weight is 386 g/mol. The number of para-hydroxylation sites is 3. The van der Waals surface area contributed by atoms with Gasteiger partial charge in [0.05, 0.1) is 0 Å². The Kier molecular flexibility index (Phi) is 5.10.